The standard InChI is InChI=1S/C14H21N3O/c1-2-7-16-13-4-3-10-17(11-13)14(18)12-5-8-15-9-6-12/h5-6,8-9,13,16H,2-4,7,10-11H2,1H3. The molecule has 1 aromatic rings. The highest BCUT2D eigenvalue weighted by atomic mass is 16.2. The second kappa shape index (κ2) is 6.50. The van der Waals surface area contributed by atoms with Gasteiger partial charge < -0.3 is 10.2 Å². The van der Waals surface area contributed by atoms with Crippen LogP contribution in [0.25, 0.3) is 0 Å². The summed E-state index contributed by atoms with van der Waals surface area (Å²) in [5, 5.41) is 3.50. The molecule has 18 heavy (non-hydrogen) atoms. The number of rotatable bonds is 4. The summed E-state index contributed by atoms with van der Waals surface area (Å²) in [5.41, 5.74) is 0.737. The van der Waals surface area contributed by atoms with E-state index in [1.807, 2.05) is 4.90 Å². The number of pyridine rings is 1. The lowest BCUT2D eigenvalue weighted by molar-refractivity contribution is 0.0695. The lowest BCUT2D eigenvalue weighted by atomic mass is 10.0. The Morgan fingerprint density at radius 2 is 2.28 bits per heavy atom. The Bertz CT molecular complexity index is 380. The largest absolute Gasteiger partial charge is 0.337 e. The van der Waals surface area contributed by atoms with Crippen molar-refractivity contribution < 1.29 is 4.79 Å². The second-order valence-corrected chi connectivity index (χ2v) is 4.78. The number of hydrogen-bond acceptors (Lipinski definition) is 3. The Morgan fingerprint density at radius 3 is 3.00 bits per heavy atom. The van der Waals surface area contributed by atoms with Gasteiger partial charge >= 0.3 is 0 Å². The quantitative estimate of drug-likeness (QED) is 0.880. The summed E-state index contributed by atoms with van der Waals surface area (Å²) in [6.07, 6.45) is 6.72. The lowest BCUT2D eigenvalue weighted by Crippen LogP contribution is -2.48. The predicted molar refractivity (Wildman–Crippen MR) is 71.5 cm³/mol. The number of carbonyl (C=O) groups excluding carboxylic acids is 1. The van der Waals surface area contributed by atoms with Crippen molar-refractivity contribution in [2.75, 3.05) is 19.6 Å². The first kappa shape index (κ1) is 13.0. The van der Waals surface area contributed by atoms with E-state index >= 15 is 0 Å². The number of nitrogens with zero attached hydrogens (tertiary/aromatic N) is 2. The molecule has 0 spiro atoms. The summed E-state index contributed by atoms with van der Waals surface area (Å²) in [7, 11) is 0. The molecular weight excluding hydrogens is 226 g/mol. The molecule has 0 radical (unpaired) electrons. The molecule has 0 aliphatic carbocycles. The number of likely N-dealkylation sites (tertiary alicyclic amines) is 1. The van der Waals surface area contributed by atoms with Gasteiger partial charge in [0.2, 0.25) is 0 Å². The number of carbonyl (C=O) groups is 1. The zero-order valence-electron chi connectivity index (χ0n) is 10.9. The van der Waals surface area contributed by atoms with Crippen molar-refractivity contribution in [3.05, 3.63) is 30.1 Å². The smallest absolute Gasteiger partial charge is 0.254 e. The second-order valence-electron chi connectivity index (χ2n) is 4.78. The third kappa shape index (κ3) is 3.29. The van der Waals surface area contributed by atoms with Gasteiger partial charge in [-0.1, -0.05) is 6.92 Å². The van der Waals surface area contributed by atoms with Crippen molar-refractivity contribution in [3.63, 3.8) is 0 Å². The van der Waals surface area contributed by atoms with Crippen LogP contribution in [0.3, 0.4) is 0 Å². The van der Waals surface area contributed by atoms with Crippen LogP contribution in [0.1, 0.15) is 36.5 Å². The predicted octanol–water partition coefficient (Wildman–Crippen LogP) is 1.69. The molecule has 0 aromatic carbocycles. The van der Waals surface area contributed by atoms with Gasteiger partial charge in [0.15, 0.2) is 0 Å². The fourth-order valence-electron chi connectivity index (χ4n) is 2.35. The van der Waals surface area contributed by atoms with Crippen molar-refractivity contribution >= 4 is 5.91 Å². The molecule has 2 rings (SSSR count). The van der Waals surface area contributed by atoms with Crippen LogP contribution in [0.4, 0.5) is 0 Å². The van der Waals surface area contributed by atoms with Crippen LogP contribution in [-0.4, -0.2) is 41.5 Å². The van der Waals surface area contributed by atoms with E-state index < -0.39 is 0 Å². The summed E-state index contributed by atoms with van der Waals surface area (Å²) in [5.74, 6) is 0.125. The highest BCUT2D eigenvalue weighted by Gasteiger charge is 2.23. The minimum atomic E-state index is 0.125. The van der Waals surface area contributed by atoms with Crippen LogP contribution >= 0.6 is 0 Å². The molecule has 1 saturated heterocycles. The van der Waals surface area contributed by atoms with Gasteiger partial charge in [-0.05, 0) is 37.9 Å². The van der Waals surface area contributed by atoms with Crippen LogP contribution in [0.5, 0.6) is 0 Å². The highest BCUT2D eigenvalue weighted by molar-refractivity contribution is 5.94. The summed E-state index contributed by atoms with van der Waals surface area (Å²) >= 11 is 0. The van der Waals surface area contributed by atoms with Gasteiger partial charge in [0.1, 0.15) is 0 Å². The Kier molecular flexibility index (Phi) is 4.70. The molecule has 0 bridgehead atoms. The molecule has 1 aliphatic rings. The minimum absolute atomic E-state index is 0.125. The molecule has 0 saturated carbocycles. The lowest BCUT2D eigenvalue weighted by Gasteiger charge is -2.33. The van der Waals surface area contributed by atoms with E-state index in [2.05, 4.69) is 17.2 Å². The van der Waals surface area contributed by atoms with Gasteiger partial charge in [0.05, 0.1) is 0 Å². The normalized spacial score (nSPS) is 19.8. The SMILES string of the molecule is CCCNC1CCCN(C(=O)c2ccncc2)C1. The van der Waals surface area contributed by atoms with Crippen LogP contribution < -0.4 is 5.32 Å². The molecule has 1 aliphatic heterocycles. The Hall–Kier alpha value is -1.42. The van der Waals surface area contributed by atoms with Gasteiger partial charge in [0.25, 0.3) is 5.91 Å². The molecule has 98 valence electrons. The van der Waals surface area contributed by atoms with E-state index in [-0.39, 0.29) is 5.91 Å². The van der Waals surface area contributed by atoms with Crippen molar-refractivity contribution in [2.45, 2.75) is 32.2 Å². The fourth-order valence-corrected chi connectivity index (χ4v) is 2.35. The molecule has 4 heteroatoms. The fraction of sp³-hybridized carbons (Fsp3) is 0.571. The first-order valence-electron chi connectivity index (χ1n) is 6.74. The van der Waals surface area contributed by atoms with Crippen LogP contribution in [-0.2, 0) is 0 Å². The minimum Gasteiger partial charge on any atom is -0.337 e. The van der Waals surface area contributed by atoms with Gasteiger partial charge in [-0.25, -0.2) is 0 Å². The summed E-state index contributed by atoms with van der Waals surface area (Å²) < 4.78 is 0. The molecule has 1 amide bonds. The maximum absolute atomic E-state index is 12.3. The maximum Gasteiger partial charge on any atom is 0.254 e. The average molecular weight is 247 g/mol. The van der Waals surface area contributed by atoms with Crippen molar-refractivity contribution in [3.8, 4) is 0 Å². The number of amides is 1. The first-order chi connectivity index (χ1) is 8.81. The van der Waals surface area contributed by atoms with Crippen molar-refractivity contribution in [2.24, 2.45) is 0 Å². The van der Waals surface area contributed by atoms with E-state index in [9.17, 15) is 4.79 Å². The van der Waals surface area contributed by atoms with E-state index in [0.29, 0.717) is 6.04 Å². The molecular formula is C14H21N3O. The van der Waals surface area contributed by atoms with Gasteiger partial charge in [-0.2, -0.15) is 0 Å². The van der Waals surface area contributed by atoms with Crippen LogP contribution in [0.15, 0.2) is 24.5 Å². The molecule has 1 unspecified atom stereocenters. The molecule has 1 aromatic heterocycles. The Balaban J connectivity index is 1.94. The number of nitrogens with one attached hydrogen (secondary N) is 1. The molecule has 2 heterocycles. The number of hydrogen-bond donors (Lipinski definition) is 1. The zero-order valence-corrected chi connectivity index (χ0v) is 10.9. The van der Waals surface area contributed by atoms with Crippen LogP contribution in [0.2, 0.25) is 0 Å². The number of aromatic nitrogens is 1. The Labute approximate surface area is 108 Å². The Morgan fingerprint density at radius 1 is 1.50 bits per heavy atom. The van der Waals surface area contributed by atoms with Gasteiger partial charge in [-0.15, -0.1) is 0 Å². The first-order valence-corrected chi connectivity index (χ1v) is 6.74. The average Bonchev–Trinajstić information content (AvgIpc) is 2.45. The molecule has 4 nitrogen and oxygen atoms in total. The molecule has 1 N–H and O–H groups in total. The topological polar surface area (TPSA) is 45.2 Å². The van der Waals surface area contributed by atoms with Gasteiger partial charge in [0, 0.05) is 37.1 Å². The van der Waals surface area contributed by atoms with Crippen molar-refractivity contribution in [1.29, 1.82) is 0 Å². The summed E-state index contributed by atoms with van der Waals surface area (Å²) in [6, 6.07) is 4.01. The van der Waals surface area contributed by atoms with E-state index in [4.69, 9.17) is 0 Å². The summed E-state index contributed by atoms with van der Waals surface area (Å²) in [6.45, 7) is 4.88. The van der Waals surface area contributed by atoms with Crippen LogP contribution in [0, 0.1) is 0 Å². The monoisotopic (exact) mass is 247 g/mol. The van der Waals surface area contributed by atoms with E-state index in [1.54, 1.807) is 24.5 Å². The van der Waals surface area contributed by atoms with E-state index in [0.717, 1.165) is 38.0 Å². The third-order valence-corrected chi connectivity index (χ3v) is 3.32. The third-order valence-electron chi connectivity index (χ3n) is 3.32. The molecule has 1 atom stereocenters. The molecule has 1 fully saturated rings. The maximum atomic E-state index is 12.3. The zero-order chi connectivity index (χ0) is 12.8. The summed E-state index contributed by atoms with van der Waals surface area (Å²) in [4.78, 5) is 18.2. The highest BCUT2D eigenvalue weighted by Crippen LogP contribution is 2.13. The van der Waals surface area contributed by atoms with Crippen molar-refractivity contribution in [1.82, 2.24) is 15.2 Å². The number of piperidine rings is 1. The van der Waals surface area contributed by atoms with E-state index in [1.165, 1.54) is 6.42 Å². The van der Waals surface area contributed by atoms with Gasteiger partial charge in [-0.3, -0.25) is 9.78 Å².